The molecule has 0 radical (unpaired) electrons. The number of anilines is 1. The Balaban J connectivity index is 2.80. The summed E-state index contributed by atoms with van der Waals surface area (Å²) in [4.78, 5) is 13.1. The molecule has 16 heavy (non-hydrogen) atoms. The Hall–Kier alpha value is -1.38. The number of nitrogens with one attached hydrogen (secondary N) is 1. The van der Waals surface area contributed by atoms with Crippen LogP contribution in [0.2, 0.25) is 0 Å². The van der Waals surface area contributed by atoms with Crippen LogP contribution in [0.15, 0.2) is 16.7 Å². The molecule has 1 aromatic heterocycles. The van der Waals surface area contributed by atoms with Crippen molar-refractivity contribution < 1.29 is 18.1 Å². The molecule has 1 rings (SSSR count). The molecule has 88 valence electrons. The van der Waals surface area contributed by atoms with Gasteiger partial charge in [-0.2, -0.15) is 13.2 Å². The summed E-state index contributed by atoms with van der Waals surface area (Å²) in [7, 11) is 0. The third kappa shape index (κ3) is 3.65. The molecule has 0 saturated carbocycles. The lowest BCUT2D eigenvalue weighted by atomic mass is 10.4. The summed E-state index contributed by atoms with van der Waals surface area (Å²) in [5, 5.41) is 12.3. The Morgan fingerprint density at radius 2 is 2.19 bits per heavy atom. The molecule has 0 atom stereocenters. The lowest BCUT2D eigenvalue weighted by molar-refractivity contribution is -0.385. The van der Waals surface area contributed by atoms with Gasteiger partial charge in [0.15, 0.2) is 0 Å². The van der Waals surface area contributed by atoms with Crippen LogP contribution in [0.25, 0.3) is 0 Å². The van der Waals surface area contributed by atoms with Crippen molar-refractivity contribution in [1.82, 2.24) is 4.98 Å². The second-order valence-electron chi connectivity index (χ2n) is 2.75. The van der Waals surface area contributed by atoms with Crippen LogP contribution in [-0.4, -0.2) is 22.6 Å². The van der Waals surface area contributed by atoms with Gasteiger partial charge < -0.3 is 5.32 Å². The Bertz CT molecular complexity index is 410. The maximum Gasteiger partial charge on any atom is 0.405 e. The minimum absolute atomic E-state index is 0.0945. The highest BCUT2D eigenvalue weighted by Crippen LogP contribution is 2.25. The molecule has 1 aromatic rings. The van der Waals surface area contributed by atoms with E-state index in [4.69, 9.17) is 0 Å². The second kappa shape index (κ2) is 4.64. The largest absolute Gasteiger partial charge is 0.405 e. The van der Waals surface area contributed by atoms with E-state index in [1.54, 1.807) is 0 Å². The van der Waals surface area contributed by atoms with Gasteiger partial charge >= 0.3 is 6.18 Å². The second-order valence-corrected chi connectivity index (χ2v) is 3.60. The summed E-state index contributed by atoms with van der Waals surface area (Å²) in [6, 6.07) is 1.08. The van der Waals surface area contributed by atoms with Crippen molar-refractivity contribution in [2.45, 2.75) is 6.18 Å². The summed E-state index contributed by atoms with van der Waals surface area (Å²) in [5.41, 5.74) is -0.301. The zero-order valence-electron chi connectivity index (χ0n) is 7.58. The minimum atomic E-state index is -4.37. The van der Waals surface area contributed by atoms with E-state index in [1.807, 2.05) is 5.32 Å². The van der Waals surface area contributed by atoms with Crippen molar-refractivity contribution in [2.24, 2.45) is 0 Å². The van der Waals surface area contributed by atoms with Crippen LogP contribution in [0.3, 0.4) is 0 Å². The van der Waals surface area contributed by atoms with E-state index in [2.05, 4.69) is 20.9 Å². The van der Waals surface area contributed by atoms with E-state index in [0.29, 0.717) is 0 Å². The summed E-state index contributed by atoms with van der Waals surface area (Å²) >= 11 is 2.89. The maximum absolute atomic E-state index is 11.9. The number of halogens is 4. The molecule has 0 aromatic carbocycles. The van der Waals surface area contributed by atoms with Crippen molar-refractivity contribution in [2.75, 3.05) is 11.9 Å². The van der Waals surface area contributed by atoms with Gasteiger partial charge in [-0.3, -0.25) is 10.1 Å². The highest BCUT2D eigenvalue weighted by atomic mass is 79.9. The monoisotopic (exact) mass is 299 g/mol. The fourth-order valence-corrected chi connectivity index (χ4v) is 1.32. The van der Waals surface area contributed by atoms with Crippen molar-refractivity contribution in [1.29, 1.82) is 0 Å². The SMILES string of the molecule is O=[N+]([O-])c1cnc(NCC(F)(F)F)c(Br)c1. The average molecular weight is 300 g/mol. The van der Waals surface area contributed by atoms with Crippen molar-refractivity contribution >= 4 is 27.4 Å². The topological polar surface area (TPSA) is 68.1 Å². The number of aromatic nitrogens is 1. The van der Waals surface area contributed by atoms with Gasteiger partial charge in [0.25, 0.3) is 5.69 Å². The lowest BCUT2D eigenvalue weighted by Crippen LogP contribution is -2.22. The van der Waals surface area contributed by atoms with E-state index < -0.39 is 17.6 Å². The van der Waals surface area contributed by atoms with Crippen molar-refractivity contribution in [3.05, 3.63) is 26.9 Å². The van der Waals surface area contributed by atoms with Gasteiger partial charge in [0.2, 0.25) is 0 Å². The average Bonchev–Trinajstić information content (AvgIpc) is 2.14. The van der Waals surface area contributed by atoms with E-state index >= 15 is 0 Å². The van der Waals surface area contributed by atoms with Crippen LogP contribution in [0.4, 0.5) is 24.7 Å². The Morgan fingerprint density at radius 3 is 2.62 bits per heavy atom. The first kappa shape index (κ1) is 12.7. The molecule has 1 heterocycles. The number of hydrogen-bond donors (Lipinski definition) is 1. The van der Waals surface area contributed by atoms with Crippen LogP contribution in [0, 0.1) is 10.1 Å². The standard InChI is InChI=1S/C7H5BrF3N3O2/c8-5-1-4(14(15)16)2-12-6(5)13-3-7(9,10)11/h1-2H,3H2,(H,12,13). The Kier molecular flexibility index (Phi) is 3.68. The summed E-state index contributed by atoms with van der Waals surface area (Å²) < 4.78 is 35.7. The van der Waals surface area contributed by atoms with E-state index in [-0.39, 0.29) is 16.0 Å². The van der Waals surface area contributed by atoms with Crippen molar-refractivity contribution in [3.63, 3.8) is 0 Å². The zero-order valence-corrected chi connectivity index (χ0v) is 9.17. The number of hydrogen-bond acceptors (Lipinski definition) is 4. The molecule has 0 aliphatic heterocycles. The van der Waals surface area contributed by atoms with E-state index in [1.165, 1.54) is 0 Å². The predicted molar refractivity (Wildman–Crippen MR) is 53.1 cm³/mol. The molecule has 0 aliphatic carbocycles. The summed E-state index contributed by atoms with van der Waals surface area (Å²) in [6.07, 6.45) is -3.49. The molecule has 9 heteroatoms. The normalized spacial score (nSPS) is 11.2. The smallest absolute Gasteiger partial charge is 0.360 e. The van der Waals surface area contributed by atoms with Crippen LogP contribution < -0.4 is 5.32 Å². The maximum atomic E-state index is 11.9. The third-order valence-corrected chi connectivity index (χ3v) is 2.10. The Morgan fingerprint density at radius 1 is 1.56 bits per heavy atom. The van der Waals surface area contributed by atoms with Crippen LogP contribution >= 0.6 is 15.9 Å². The van der Waals surface area contributed by atoms with Gasteiger partial charge in [-0.1, -0.05) is 0 Å². The number of nitro groups is 1. The quantitative estimate of drug-likeness (QED) is 0.688. The molecule has 5 nitrogen and oxygen atoms in total. The molecular formula is C7H5BrF3N3O2. The number of pyridine rings is 1. The van der Waals surface area contributed by atoms with Gasteiger partial charge in [-0.15, -0.1) is 0 Å². The first-order chi connectivity index (χ1) is 7.29. The number of nitrogens with zero attached hydrogens (tertiary/aromatic N) is 2. The molecule has 0 amide bonds. The van der Waals surface area contributed by atoms with Gasteiger partial charge in [0.1, 0.15) is 18.6 Å². The number of alkyl halides is 3. The summed E-state index contributed by atoms with van der Waals surface area (Å²) in [6.45, 7) is -1.25. The van der Waals surface area contributed by atoms with Gasteiger partial charge in [-0.25, -0.2) is 4.98 Å². The highest BCUT2D eigenvalue weighted by Gasteiger charge is 2.27. The fraction of sp³-hybridized carbons (Fsp3) is 0.286. The fourth-order valence-electron chi connectivity index (χ4n) is 0.842. The molecule has 0 bridgehead atoms. The highest BCUT2D eigenvalue weighted by molar-refractivity contribution is 9.10. The Labute approximate surface area is 95.9 Å². The van der Waals surface area contributed by atoms with E-state index in [0.717, 1.165) is 12.3 Å². The molecule has 0 fully saturated rings. The van der Waals surface area contributed by atoms with Gasteiger partial charge in [0.05, 0.1) is 9.40 Å². The molecular weight excluding hydrogens is 295 g/mol. The predicted octanol–water partition coefficient (Wildman–Crippen LogP) is 2.73. The van der Waals surface area contributed by atoms with Crippen LogP contribution in [0.5, 0.6) is 0 Å². The van der Waals surface area contributed by atoms with Crippen LogP contribution in [-0.2, 0) is 0 Å². The molecule has 0 unspecified atom stereocenters. The van der Waals surface area contributed by atoms with Crippen LogP contribution in [0.1, 0.15) is 0 Å². The van der Waals surface area contributed by atoms with Gasteiger partial charge in [-0.05, 0) is 15.9 Å². The zero-order chi connectivity index (χ0) is 12.3. The minimum Gasteiger partial charge on any atom is -0.360 e. The lowest BCUT2D eigenvalue weighted by Gasteiger charge is -2.09. The first-order valence-corrected chi connectivity index (χ1v) is 4.69. The first-order valence-electron chi connectivity index (χ1n) is 3.90. The molecule has 0 spiro atoms. The van der Waals surface area contributed by atoms with E-state index in [9.17, 15) is 23.3 Å². The number of rotatable bonds is 3. The molecule has 1 N–H and O–H groups in total. The molecule has 0 saturated heterocycles. The van der Waals surface area contributed by atoms with Crippen molar-refractivity contribution in [3.8, 4) is 0 Å². The molecule has 0 aliphatic rings. The van der Waals surface area contributed by atoms with Gasteiger partial charge in [0, 0.05) is 6.07 Å². The third-order valence-electron chi connectivity index (χ3n) is 1.49. The summed E-state index contributed by atoms with van der Waals surface area (Å²) in [5.74, 6) is -0.0945.